The van der Waals surface area contributed by atoms with Gasteiger partial charge in [-0.3, -0.25) is 9.78 Å². The number of halogens is 1. The van der Waals surface area contributed by atoms with Crippen LogP contribution in [0.25, 0.3) is 0 Å². The topological polar surface area (TPSA) is 79.8 Å². The molecule has 98 valence electrons. The van der Waals surface area contributed by atoms with E-state index in [2.05, 4.69) is 25.6 Å². The molecule has 0 bridgehead atoms. The number of nitrogens with one attached hydrogen (secondary N) is 2. The predicted octanol–water partition coefficient (Wildman–Crippen LogP) is 2.21. The van der Waals surface area contributed by atoms with Gasteiger partial charge in [-0.05, 0) is 19.1 Å². The molecule has 0 saturated carbocycles. The summed E-state index contributed by atoms with van der Waals surface area (Å²) in [5, 5.41) is 6.11. The summed E-state index contributed by atoms with van der Waals surface area (Å²) in [5.41, 5.74) is 0.218. The number of hydrogen-bond acceptors (Lipinski definition) is 5. The van der Waals surface area contributed by atoms with Gasteiger partial charge in [-0.15, -0.1) is 0 Å². The van der Waals surface area contributed by atoms with E-state index in [4.69, 9.17) is 11.6 Å². The van der Waals surface area contributed by atoms with Crippen molar-refractivity contribution in [1.82, 2.24) is 15.0 Å². The van der Waals surface area contributed by atoms with Crippen LogP contribution in [0.15, 0.2) is 30.7 Å². The Hall–Kier alpha value is -2.21. The standard InChI is InChI=1S/C12H12ClN5O/c1-2-15-11-7-14-6-9(17-11)12(19)18-10-4-3-8(13)5-16-10/h3-7H,2H2,1H3,(H,15,17)(H,16,18,19). The molecule has 2 N–H and O–H groups in total. The molecule has 0 aliphatic carbocycles. The second-order valence-corrected chi connectivity index (χ2v) is 4.07. The van der Waals surface area contributed by atoms with Gasteiger partial charge < -0.3 is 10.6 Å². The normalized spacial score (nSPS) is 10.0. The molecular weight excluding hydrogens is 266 g/mol. The van der Waals surface area contributed by atoms with Gasteiger partial charge in [0.1, 0.15) is 17.3 Å². The maximum atomic E-state index is 11.9. The first-order valence-corrected chi connectivity index (χ1v) is 6.05. The summed E-state index contributed by atoms with van der Waals surface area (Å²) in [6.07, 6.45) is 4.41. The van der Waals surface area contributed by atoms with E-state index in [1.54, 1.807) is 18.3 Å². The monoisotopic (exact) mass is 277 g/mol. The van der Waals surface area contributed by atoms with E-state index < -0.39 is 0 Å². The van der Waals surface area contributed by atoms with Crippen LogP contribution in [0.1, 0.15) is 17.4 Å². The summed E-state index contributed by atoms with van der Waals surface area (Å²) in [5.74, 6) is 0.589. The van der Waals surface area contributed by atoms with Gasteiger partial charge >= 0.3 is 0 Å². The van der Waals surface area contributed by atoms with Crippen LogP contribution < -0.4 is 10.6 Å². The van der Waals surface area contributed by atoms with Crippen molar-refractivity contribution in [1.29, 1.82) is 0 Å². The molecule has 1 amide bonds. The van der Waals surface area contributed by atoms with Crippen LogP contribution in [0.5, 0.6) is 0 Å². The Morgan fingerprint density at radius 3 is 2.79 bits per heavy atom. The highest BCUT2D eigenvalue weighted by Crippen LogP contribution is 2.10. The molecule has 2 aromatic heterocycles. The van der Waals surface area contributed by atoms with Gasteiger partial charge in [0.2, 0.25) is 0 Å². The first-order valence-electron chi connectivity index (χ1n) is 5.68. The van der Waals surface area contributed by atoms with Crippen molar-refractivity contribution in [3.05, 3.63) is 41.4 Å². The number of hydrogen-bond donors (Lipinski definition) is 2. The van der Waals surface area contributed by atoms with E-state index in [-0.39, 0.29) is 11.6 Å². The lowest BCUT2D eigenvalue weighted by atomic mass is 10.4. The van der Waals surface area contributed by atoms with Crippen molar-refractivity contribution in [3.8, 4) is 0 Å². The Labute approximate surface area is 115 Å². The summed E-state index contributed by atoms with van der Waals surface area (Å²) in [6, 6.07) is 3.26. The first-order chi connectivity index (χ1) is 9.19. The number of anilines is 2. The Bertz CT molecular complexity index is 573. The quantitative estimate of drug-likeness (QED) is 0.896. The van der Waals surface area contributed by atoms with Gasteiger partial charge in [0.05, 0.1) is 17.4 Å². The van der Waals surface area contributed by atoms with Crippen molar-refractivity contribution >= 4 is 29.1 Å². The number of pyridine rings is 1. The number of carbonyl (C=O) groups excluding carboxylic acids is 1. The second-order valence-electron chi connectivity index (χ2n) is 3.64. The molecule has 19 heavy (non-hydrogen) atoms. The maximum Gasteiger partial charge on any atom is 0.277 e. The molecule has 2 heterocycles. The summed E-state index contributed by atoms with van der Waals surface area (Å²) < 4.78 is 0. The van der Waals surface area contributed by atoms with Gasteiger partial charge in [0, 0.05) is 12.7 Å². The molecule has 0 atom stereocenters. The van der Waals surface area contributed by atoms with E-state index in [0.717, 1.165) is 0 Å². The third kappa shape index (κ3) is 3.62. The second kappa shape index (κ2) is 6.10. The molecule has 0 radical (unpaired) electrons. The molecule has 0 unspecified atom stereocenters. The number of aromatic nitrogens is 3. The lowest BCUT2D eigenvalue weighted by Crippen LogP contribution is -2.15. The fraction of sp³-hybridized carbons (Fsp3) is 0.167. The predicted molar refractivity (Wildman–Crippen MR) is 73.4 cm³/mol. The highest BCUT2D eigenvalue weighted by molar-refractivity contribution is 6.30. The minimum absolute atomic E-state index is 0.218. The average molecular weight is 278 g/mol. The molecule has 2 rings (SSSR count). The fourth-order valence-electron chi connectivity index (χ4n) is 1.37. The minimum atomic E-state index is -0.373. The van der Waals surface area contributed by atoms with E-state index in [1.807, 2.05) is 6.92 Å². The molecule has 0 aliphatic heterocycles. The van der Waals surface area contributed by atoms with Gasteiger partial charge in [-0.1, -0.05) is 11.6 Å². The minimum Gasteiger partial charge on any atom is -0.369 e. The molecule has 2 aromatic rings. The molecule has 0 fully saturated rings. The molecule has 6 nitrogen and oxygen atoms in total. The first kappa shape index (κ1) is 13.2. The number of amides is 1. The Morgan fingerprint density at radius 1 is 1.26 bits per heavy atom. The van der Waals surface area contributed by atoms with Crippen molar-refractivity contribution in [2.24, 2.45) is 0 Å². The van der Waals surface area contributed by atoms with E-state index in [1.165, 1.54) is 12.4 Å². The largest absolute Gasteiger partial charge is 0.369 e. The van der Waals surface area contributed by atoms with E-state index >= 15 is 0 Å². The summed E-state index contributed by atoms with van der Waals surface area (Å²) in [7, 11) is 0. The maximum absolute atomic E-state index is 11.9. The number of carbonyl (C=O) groups is 1. The average Bonchev–Trinajstić information content (AvgIpc) is 2.42. The van der Waals surface area contributed by atoms with Crippen LogP contribution in [0.2, 0.25) is 5.02 Å². The van der Waals surface area contributed by atoms with Crippen LogP contribution in [0.4, 0.5) is 11.6 Å². The van der Waals surface area contributed by atoms with Crippen LogP contribution in [0, 0.1) is 0 Å². The third-order valence-corrected chi connectivity index (χ3v) is 2.42. The smallest absolute Gasteiger partial charge is 0.277 e. The Balaban J connectivity index is 2.11. The highest BCUT2D eigenvalue weighted by Gasteiger charge is 2.09. The highest BCUT2D eigenvalue weighted by atomic mass is 35.5. The Morgan fingerprint density at radius 2 is 2.11 bits per heavy atom. The third-order valence-electron chi connectivity index (χ3n) is 2.19. The van der Waals surface area contributed by atoms with Crippen LogP contribution in [-0.2, 0) is 0 Å². The summed E-state index contributed by atoms with van der Waals surface area (Å²) in [6.45, 7) is 2.64. The van der Waals surface area contributed by atoms with Gasteiger partial charge in [0.25, 0.3) is 5.91 Å². The number of rotatable bonds is 4. The van der Waals surface area contributed by atoms with E-state index in [0.29, 0.717) is 23.2 Å². The van der Waals surface area contributed by atoms with Crippen molar-refractivity contribution in [2.75, 3.05) is 17.2 Å². The molecule has 0 saturated heterocycles. The molecule has 0 aliphatic rings. The van der Waals surface area contributed by atoms with Crippen LogP contribution >= 0.6 is 11.6 Å². The molecular formula is C12H12ClN5O. The fourth-order valence-corrected chi connectivity index (χ4v) is 1.48. The van der Waals surface area contributed by atoms with Crippen LogP contribution in [-0.4, -0.2) is 27.4 Å². The van der Waals surface area contributed by atoms with Crippen molar-refractivity contribution < 1.29 is 4.79 Å². The lowest BCUT2D eigenvalue weighted by molar-refractivity contribution is 0.102. The van der Waals surface area contributed by atoms with Crippen LogP contribution in [0.3, 0.4) is 0 Å². The van der Waals surface area contributed by atoms with Crippen molar-refractivity contribution in [2.45, 2.75) is 6.92 Å². The van der Waals surface area contributed by atoms with Gasteiger partial charge in [-0.25, -0.2) is 9.97 Å². The van der Waals surface area contributed by atoms with Gasteiger partial charge in [-0.2, -0.15) is 0 Å². The lowest BCUT2D eigenvalue weighted by Gasteiger charge is -2.05. The zero-order valence-corrected chi connectivity index (χ0v) is 11.0. The summed E-state index contributed by atoms with van der Waals surface area (Å²) in [4.78, 5) is 24.0. The van der Waals surface area contributed by atoms with Gasteiger partial charge in [0.15, 0.2) is 0 Å². The van der Waals surface area contributed by atoms with E-state index in [9.17, 15) is 4.79 Å². The zero-order valence-electron chi connectivity index (χ0n) is 10.2. The molecule has 0 spiro atoms. The molecule has 0 aromatic carbocycles. The molecule has 7 heteroatoms. The summed E-state index contributed by atoms with van der Waals surface area (Å²) >= 11 is 5.71. The zero-order chi connectivity index (χ0) is 13.7. The number of nitrogens with zero attached hydrogens (tertiary/aromatic N) is 3. The Kier molecular flexibility index (Phi) is 4.25. The SMILES string of the molecule is CCNc1cncc(C(=O)Nc2ccc(Cl)cn2)n1. The van der Waals surface area contributed by atoms with Crippen molar-refractivity contribution in [3.63, 3.8) is 0 Å².